The number of rotatable bonds is 9. The molecule has 0 bridgehead atoms. The predicted octanol–water partition coefficient (Wildman–Crippen LogP) is 7.61. The molecule has 2 aliphatic heterocycles. The summed E-state index contributed by atoms with van der Waals surface area (Å²) in [5.41, 5.74) is 12.9. The minimum Gasteiger partial charge on any atom is -0.507 e. The smallest absolute Gasteiger partial charge is 0.196 e. The Bertz CT molecular complexity index is 1420. The number of nitrogens with one attached hydrogen (secondary N) is 1. The molecule has 2 aliphatic carbocycles. The summed E-state index contributed by atoms with van der Waals surface area (Å²) in [5.74, 6) is 1.83. The van der Waals surface area contributed by atoms with Crippen LogP contribution in [0.25, 0.3) is 0 Å². The molecule has 1 saturated carbocycles. The van der Waals surface area contributed by atoms with Gasteiger partial charge in [-0.3, -0.25) is 9.98 Å². The second-order valence-electron chi connectivity index (χ2n) is 18.3. The average Bonchev–Trinajstić information content (AvgIpc) is 3.03. The fraction of sp³-hybridized carbons (Fsp3) is 0.714. The first kappa shape index (κ1) is 37.6. The summed E-state index contributed by atoms with van der Waals surface area (Å²) in [5, 5.41) is 15.6. The third kappa shape index (κ3) is 9.38. The fourth-order valence-corrected chi connectivity index (χ4v) is 8.06. The number of phenols is 1. The number of guanidine groups is 1. The maximum absolute atomic E-state index is 11.6. The average molecular weight is 673 g/mol. The topological polar surface area (TPSA) is 89.5 Å². The van der Waals surface area contributed by atoms with Gasteiger partial charge in [0, 0.05) is 69.0 Å². The van der Waals surface area contributed by atoms with Gasteiger partial charge in [-0.2, -0.15) is 0 Å². The van der Waals surface area contributed by atoms with E-state index in [1.807, 2.05) is 6.21 Å². The summed E-state index contributed by atoms with van der Waals surface area (Å²) >= 11 is 0. The third-order valence-electron chi connectivity index (χ3n) is 11.2. The van der Waals surface area contributed by atoms with Gasteiger partial charge in [-0.1, -0.05) is 93.4 Å². The Morgan fingerprint density at radius 1 is 0.939 bits per heavy atom. The molecule has 5 rings (SSSR count). The normalized spacial score (nSPS) is 25.6. The van der Waals surface area contributed by atoms with Crippen LogP contribution in [0.2, 0.25) is 0 Å². The van der Waals surface area contributed by atoms with Crippen molar-refractivity contribution in [3.8, 4) is 5.75 Å². The summed E-state index contributed by atoms with van der Waals surface area (Å²) in [6.45, 7) is 26.6. The Morgan fingerprint density at radius 2 is 1.67 bits per heavy atom. The highest BCUT2D eigenvalue weighted by Gasteiger charge is 2.35. The molecule has 0 radical (unpaired) electrons. The van der Waals surface area contributed by atoms with Gasteiger partial charge in [0.15, 0.2) is 5.96 Å². The van der Waals surface area contributed by atoms with Crippen LogP contribution in [-0.2, 0) is 11.8 Å². The van der Waals surface area contributed by atoms with Gasteiger partial charge in [0.05, 0.1) is 6.04 Å². The first-order valence-corrected chi connectivity index (χ1v) is 19.4. The van der Waals surface area contributed by atoms with Crippen molar-refractivity contribution in [1.29, 1.82) is 0 Å². The molecule has 4 aliphatic rings. The monoisotopic (exact) mass is 673 g/mol. The molecule has 2 fully saturated rings. The zero-order valence-electron chi connectivity index (χ0n) is 32.4. The number of fused-ring (bicyclic) bond motifs is 1. The SMILES string of the molecule is CC(C)(C)C1=CC(CNC2CCCCC2N=Cc2cc(C(C)(C)C)cc(CCCN3CCCN4CCCN=C43)c2O)C(N)C(C(C)(C)C)=C1. The van der Waals surface area contributed by atoms with Gasteiger partial charge in [0.25, 0.3) is 0 Å². The number of hydrogen-bond donors (Lipinski definition) is 3. The molecule has 1 aromatic carbocycles. The third-order valence-corrected chi connectivity index (χ3v) is 11.2. The van der Waals surface area contributed by atoms with Gasteiger partial charge >= 0.3 is 0 Å². The molecule has 49 heavy (non-hydrogen) atoms. The van der Waals surface area contributed by atoms with Crippen LogP contribution >= 0.6 is 0 Å². The van der Waals surface area contributed by atoms with E-state index in [2.05, 4.69) is 102 Å². The van der Waals surface area contributed by atoms with Crippen molar-refractivity contribution in [1.82, 2.24) is 15.1 Å². The van der Waals surface area contributed by atoms with Gasteiger partial charge in [0.1, 0.15) is 5.75 Å². The van der Waals surface area contributed by atoms with Crippen LogP contribution in [0.5, 0.6) is 5.75 Å². The Labute approximate surface area is 298 Å². The van der Waals surface area contributed by atoms with Crippen LogP contribution in [0.3, 0.4) is 0 Å². The molecule has 0 amide bonds. The number of allylic oxidation sites excluding steroid dienone is 2. The largest absolute Gasteiger partial charge is 0.507 e. The molecule has 2 heterocycles. The van der Waals surface area contributed by atoms with E-state index in [1.165, 1.54) is 41.9 Å². The standard InChI is InChI=1S/C42H68N6O/c1-40(2,3)32-23-29(15-12-19-47-21-14-22-48-20-13-18-44-39(47)48)38(49)31(25-32)28-46-36-17-11-10-16-35(36)45-27-30-24-33(41(4,5)6)26-34(37(30)43)42(7,8)9/h23-26,28,30,35-37,45,49H,10-22,27,43H2,1-9H3. The molecule has 0 aromatic heterocycles. The van der Waals surface area contributed by atoms with Crippen molar-refractivity contribution < 1.29 is 5.11 Å². The summed E-state index contributed by atoms with van der Waals surface area (Å²) in [6.07, 6.45) is 15.5. The van der Waals surface area contributed by atoms with E-state index in [1.54, 1.807) is 0 Å². The first-order chi connectivity index (χ1) is 23.0. The van der Waals surface area contributed by atoms with E-state index in [4.69, 9.17) is 15.7 Å². The van der Waals surface area contributed by atoms with Crippen LogP contribution in [0, 0.1) is 16.7 Å². The highest BCUT2D eigenvalue weighted by Crippen LogP contribution is 2.40. The van der Waals surface area contributed by atoms with Gasteiger partial charge in [-0.05, 0) is 83.1 Å². The Balaban J connectivity index is 1.29. The number of nitrogens with zero attached hydrogens (tertiary/aromatic N) is 4. The second kappa shape index (κ2) is 15.3. The lowest BCUT2D eigenvalue weighted by Gasteiger charge is -2.41. The molecule has 1 saturated heterocycles. The Morgan fingerprint density at radius 3 is 2.39 bits per heavy atom. The van der Waals surface area contributed by atoms with E-state index in [0.29, 0.717) is 11.8 Å². The van der Waals surface area contributed by atoms with E-state index < -0.39 is 0 Å². The number of aliphatic imine (C=N–C) groups is 2. The molecule has 4 atom stereocenters. The highest BCUT2D eigenvalue weighted by atomic mass is 16.3. The Kier molecular flexibility index (Phi) is 11.8. The van der Waals surface area contributed by atoms with Crippen LogP contribution in [0.4, 0.5) is 0 Å². The highest BCUT2D eigenvalue weighted by molar-refractivity contribution is 5.85. The lowest BCUT2D eigenvalue weighted by molar-refractivity contribution is 0.242. The number of hydrogen-bond acceptors (Lipinski definition) is 7. The predicted molar refractivity (Wildman–Crippen MR) is 208 cm³/mol. The van der Waals surface area contributed by atoms with E-state index in [9.17, 15) is 5.11 Å². The maximum Gasteiger partial charge on any atom is 0.196 e. The van der Waals surface area contributed by atoms with Crippen molar-refractivity contribution in [2.24, 2.45) is 32.5 Å². The first-order valence-electron chi connectivity index (χ1n) is 19.4. The Hall–Kier alpha value is -2.64. The van der Waals surface area contributed by atoms with Crippen LogP contribution in [0.15, 0.2) is 45.4 Å². The van der Waals surface area contributed by atoms with Crippen LogP contribution in [-0.4, -0.2) is 84.5 Å². The summed E-state index contributed by atoms with van der Waals surface area (Å²) in [7, 11) is 0. The van der Waals surface area contributed by atoms with Crippen LogP contribution < -0.4 is 11.1 Å². The number of aryl methyl sites for hydroxylation is 1. The van der Waals surface area contributed by atoms with Gasteiger partial charge in [0.2, 0.25) is 0 Å². The van der Waals surface area contributed by atoms with E-state index in [-0.39, 0.29) is 34.2 Å². The van der Waals surface area contributed by atoms with E-state index >= 15 is 0 Å². The lowest BCUT2D eigenvalue weighted by atomic mass is 9.70. The van der Waals surface area contributed by atoms with Crippen molar-refractivity contribution in [3.05, 3.63) is 52.1 Å². The summed E-state index contributed by atoms with van der Waals surface area (Å²) < 4.78 is 0. The summed E-state index contributed by atoms with van der Waals surface area (Å²) in [6, 6.07) is 4.87. The van der Waals surface area contributed by atoms with Gasteiger partial charge in [-0.15, -0.1) is 0 Å². The van der Waals surface area contributed by atoms with Crippen molar-refractivity contribution in [2.45, 2.75) is 137 Å². The zero-order chi connectivity index (χ0) is 35.6. The molecular formula is C42H68N6O. The second-order valence-corrected chi connectivity index (χ2v) is 18.3. The van der Waals surface area contributed by atoms with Crippen molar-refractivity contribution in [2.75, 3.05) is 39.3 Å². The van der Waals surface area contributed by atoms with Gasteiger partial charge < -0.3 is 26.0 Å². The zero-order valence-corrected chi connectivity index (χ0v) is 32.4. The maximum atomic E-state index is 11.6. The fourth-order valence-electron chi connectivity index (χ4n) is 8.06. The molecule has 4 N–H and O–H groups in total. The van der Waals surface area contributed by atoms with E-state index in [0.717, 1.165) is 82.5 Å². The molecule has 0 spiro atoms. The molecule has 7 nitrogen and oxygen atoms in total. The number of benzene rings is 1. The minimum absolute atomic E-state index is 0.00384. The van der Waals surface area contributed by atoms with Crippen LogP contribution in [0.1, 0.15) is 124 Å². The van der Waals surface area contributed by atoms with Crippen molar-refractivity contribution >= 4 is 12.2 Å². The minimum atomic E-state index is -0.0251. The summed E-state index contributed by atoms with van der Waals surface area (Å²) in [4.78, 5) is 15.0. The quantitative estimate of drug-likeness (QED) is 0.235. The number of phenolic OH excluding ortho intramolecular Hbond substituents is 1. The molecule has 272 valence electrons. The number of aromatic hydroxyl groups is 1. The molecule has 4 unspecified atom stereocenters. The van der Waals surface area contributed by atoms with Crippen molar-refractivity contribution in [3.63, 3.8) is 0 Å². The molecule has 7 heteroatoms. The lowest BCUT2D eigenvalue weighted by Crippen LogP contribution is -2.52. The van der Waals surface area contributed by atoms with Gasteiger partial charge in [-0.25, -0.2) is 0 Å². The number of nitrogens with two attached hydrogens (primary N) is 1. The molecular weight excluding hydrogens is 605 g/mol. The molecule has 1 aromatic rings.